The van der Waals surface area contributed by atoms with Gasteiger partial charge in [0.1, 0.15) is 11.5 Å². The van der Waals surface area contributed by atoms with E-state index in [1.807, 2.05) is 18.2 Å². The van der Waals surface area contributed by atoms with Gasteiger partial charge in [0, 0.05) is 28.8 Å². The molecule has 2 N–H and O–H groups in total. The summed E-state index contributed by atoms with van der Waals surface area (Å²) in [5, 5.41) is 14.0. The number of hydrogen-bond acceptors (Lipinski definition) is 5. The zero-order valence-corrected chi connectivity index (χ0v) is 19.3. The molecule has 164 valence electrons. The predicted octanol–water partition coefficient (Wildman–Crippen LogP) is 4.88. The van der Waals surface area contributed by atoms with Crippen LogP contribution in [0.3, 0.4) is 0 Å². The summed E-state index contributed by atoms with van der Waals surface area (Å²) in [6, 6.07) is 19.0. The molecule has 1 aliphatic rings. The summed E-state index contributed by atoms with van der Waals surface area (Å²) in [5.41, 5.74) is 7.13. The molecule has 0 saturated heterocycles. The maximum atomic E-state index is 12.3. The minimum absolute atomic E-state index is 0.102. The number of nitrogens with one attached hydrogen (secondary N) is 1. The van der Waals surface area contributed by atoms with Gasteiger partial charge in [-0.15, -0.1) is 0 Å². The highest BCUT2D eigenvalue weighted by atomic mass is 79.9. The van der Waals surface area contributed by atoms with E-state index in [2.05, 4.69) is 55.6 Å². The monoisotopic (exact) mass is 493 g/mol. The van der Waals surface area contributed by atoms with Crippen molar-refractivity contribution in [1.29, 1.82) is 0 Å². The fraction of sp³-hybridized carbons (Fsp3) is 0.200. The number of ether oxygens (including phenoxy) is 1. The molecule has 0 unspecified atom stereocenters. The average molecular weight is 494 g/mol. The highest BCUT2D eigenvalue weighted by Gasteiger charge is 2.18. The minimum Gasteiger partial charge on any atom is -0.507 e. The third kappa shape index (κ3) is 4.94. The highest BCUT2D eigenvalue weighted by Crippen LogP contribution is 2.30. The summed E-state index contributed by atoms with van der Waals surface area (Å²) < 4.78 is 6.28. The van der Waals surface area contributed by atoms with Gasteiger partial charge in [0.15, 0.2) is 0 Å². The van der Waals surface area contributed by atoms with Crippen LogP contribution in [-0.4, -0.2) is 30.9 Å². The first-order chi connectivity index (χ1) is 15.5. The van der Waals surface area contributed by atoms with Crippen molar-refractivity contribution in [2.24, 2.45) is 5.10 Å². The van der Waals surface area contributed by atoms with E-state index in [0.717, 1.165) is 42.8 Å². The SMILES string of the molecule is COc1ccc(C=NNC(=O)c2cc(Br)ccc2O)cc1CN1CCCc2ccccc21. The molecule has 1 heterocycles. The molecule has 1 amide bonds. The standard InChI is InChI=1S/C25H24BrN3O3/c1-32-24-11-8-17(15-27-28-25(31)21-14-20(26)9-10-23(21)30)13-19(24)16-29-12-4-6-18-5-2-3-7-22(18)29/h2-3,5,7-11,13-15,30H,4,6,12,16H2,1H3,(H,28,31). The summed E-state index contributed by atoms with van der Waals surface area (Å²) >= 11 is 3.30. The lowest BCUT2D eigenvalue weighted by molar-refractivity contribution is 0.0952. The Morgan fingerprint density at radius 2 is 2.06 bits per heavy atom. The molecule has 0 bridgehead atoms. The van der Waals surface area contributed by atoms with Gasteiger partial charge in [0.2, 0.25) is 0 Å². The van der Waals surface area contributed by atoms with Crippen molar-refractivity contribution in [3.63, 3.8) is 0 Å². The van der Waals surface area contributed by atoms with Gasteiger partial charge < -0.3 is 14.7 Å². The molecule has 0 radical (unpaired) electrons. The zero-order valence-electron chi connectivity index (χ0n) is 17.7. The Hall–Kier alpha value is -3.32. The van der Waals surface area contributed by atoms with Gasteiger partial charge in [-0.25, -0.2) is 5.43 Å². The molecule has 0 fully saturated rings. The number of halogens is 1. The summed E-state index contributed by atoms with van der Waals surface area (Å²) in [4.78, 5) is 14.7. The molecule has 0 aliphatic carbocycles. The molecule has 0 atom stereocenters. The highest BCUT2D eigenvalue weighted by molar-refractivity contribution is 9.10. The van der Waals surface area contributed by atoms with Crippen LogP contribution in [0.2, 0.25) is 0 Å². The van der Waals surface area contributed by atoms with E-state index in [-0.39, 0.29) is 11.3 Å². The third-order valence-corrected chi connectivity index (χ3v) is 5.95. The molecule has 7 heteroatoms. The number of phenolic OH excluding ortho intramolecular Hbond substituents is 1. The van der Waals surface area contributed by atoms with E-state index in [1.54, 1.807) is 25.5 Å². The van der Waals surface area contributed by atoms with Crippen LogP contribution in [0.4, 0.5) is 5.69 Å². The molecule has 6 nitrogen and oxygen atoms in total. The fourth-order valence-electron chi connectivity index (χ4n) is 3.90. The van der Waals surface area contributed by atoms with Gasteiger partial charge in [-0.2, -0.15) is 5.10 Å². The number of rotatable bonds is 6. The number of methoxy groups -OCH3 is 1. The van der Waals surface area contributed by atoms with Gasteiger partial charge in [0.25, 0.3) is 5.91 Å². The maximum absolute atomic E-state index is 12.3. The first-order valence-corrected chi connectivity index (χ1v) is 11.2. The quantitative estimate of drug-likeness (QED) is 0.379. The van der Waals surface area contributed by atoms with Crippen molar-refractivity contribution in [2.75, 3.05) is 18.6 Å². The molecule has 4 rings (SSSR count). The smallest absolute Gasteiger partial charge is 0.275 e. The Morgan fingerprint density at radius 3 is 2.91 bits per heavy atom. The number of nitrogens with zero attached hydrogens (tertiary/aromatic N) is 2. The van der Waals surface area contributed by atoms with E-state index < -0.39 is 5.91 Å². The van der Waals surface area contributed by atoms with Crippen molar-refractivity contribution < 1.29 is 14.6 Å². The van der Waals surface area contributed by atoms with E-state index in [0.29, 0.717) is 4.47 Å². The normalized spacial score (nSPS) is 13.1. The average Bonchev–Trinajstić information content (AvgIpc) is 2.81. The summed E-state index contributed by atoms with van der Waals surface area (Å²) in [6.07, 6.45) is 3.80. The number of hydrazone groups is 1. The first kappa shape index (κ1) is 21.9. The summed E-state index contributed by atoms with van der Waals surface area (Å²) in [7, 11) is 1.67. The second-order valence-corrected chi connectivity index (χ2v) is 8.50. The van der Waals surface area contributed by atoms with Crippen LogP contribution in [0.25, 0.3) is 0 Å². The van der Waals surface area contributed by atoms with Crippen LogP contribution >= 0.6 is 15.9 Å². The van der Waals surface area contributed by atoms with E-state index in [4.69, 9.17) is 4.74 Å². The summed E-state index contributed by atoms with van der Waals surface area (Å²) in [6.45, 7) is 1.71. The van der Waals surface area contributed by atoms with Crippen LogP contribution in [0.5, 0.6) is 11.5 Å². The Balaban J connectivity index is 1.50. The second kappa shape index (κ2) is 9.87. The molecule has 0 aromatic heterocycles. The predicted molar refractivity (Wildman–Crippen MR) is 130 cm³/mol. The molecule has 3 aromatic carbocycles. The third-order valence-electron chi connectivity index (χ3n) is 5.46. The number of hydrogen-bond donors (Lipinski definition) is 2. The largest absolute Gasteiger partial charge is 0.507 e. The Morgan fingerprint density at radius 1 is 1.22 bits per heavy atom. The number of para-hydroxylation sites is 1. The van der Waals surface area contributed by atoms with Crippen molar-refractivity contribution in [2.45, 2.75) is 19.4 Å². The lowest BCUT2D eigenvalue weighted by Crippen LogP contribution is -2.29. The van der Waals surface area contributed by atoms with Crippen LogP contribution in [0, 0.1) is 0 Å². The van der Waals surface area contributed by atoms with Crippen LogP contribution in [0.15, 0.2) is 70.2 Å². The van der Waals surface area contributed by atoms with E-state index in [9.17, 15) is 9.90 Å². The molecule has 0 spiro atoms. The topological polar surface area (TPSA) is 74.2 Å². The number of amides is 1. The Kier molecular flexibility index (Phi) is 6.75. The van der Waals surface area contributed by atoms with Crippen LogP contribution in [-0.2, 0) is 13.0 Å². The van der Waals surface area contributed by atoms with Crippen LogP contribution in [0.1, 0.15) is 33.5 Å². The number of benzene rings is 3. The van der Waals surface area contributed by atoms with Crippen molar-refractivity contribution in [1.82, 2.24) is 5.43 Å². The van der Waals surface area contributed by atoms with Gasteiger partial charge in [-0.3, -0.25) is 4.79 Å². The fourth-order valence-corrected chi connectivity index (χ4v) is 4.26. The number of carbonyl (C=O) groups is 1. The molecule has 3 aromatic rings. The van der Waals surface area contributed by atoms with Crippen molar-refractivity contribution in [3.05, 3.63) is 87.4 Å². The number of carbonyl (C=O) groups excluding carboxylic acids is 1. The maximum Gasteiger partial charge on any atom is 0.275 e. The molecular weight excluding hydrogens is 470 g/mol. The number of aromatic hydroxyl groups is 1. The lowest BCUT2D eigenvalue weighted by Gasteiger charge is -2.31. The lowest BCUT2D eigenvalue weighted by atomic mass is 10.0. The minimum atomic E-state index is -0.487. The Labute approximate surface area is 195 Å². The molecule has 0 saturated carbocycles. The van der Waals surface area contributed by atoms with E-state index >= 15 is 0 Å². The summed E-state index contributed by atoms with van der Waals surface area (Å²) in [5.74, 6) is 0.224. The zero-order chi connectivity index (χ0) is 22.5. The number of fused-ring (bicyclic) bond motifs is 1. The second-order valence-electron chi connectivity index (χ2n) is 7.59. The van der Waals surface area contributed by atoms with E-state index in [1.165, 1.54) is 17.3 Å². The molecule has 1 aliphatic heterocycles. The van der Waals surface area contributed by atoms with Gasteiger partial charge >= 0.3 is 0 Å². The first-order valence-electron chi connectivity index (χ1n) is 10.4. The van der Waals surface area contributed by atoms with Gasteiger partial charge in [-0.1, -0.05) is 34.1 Å². The van der Waals surface area contributed by atoms with Crippen LogP contribution < -0.4 is 15.1 Å². The van der Waals surface area contributed by atoms with Crippen molar-refractivity contribution in [3.8, 4) is 11.5 Å². The number of phenols is 1. The number of aryl methyl sites for hydroxylation is 1. The molecular formula is C25H24BrN3O3. The van der Waals surface area contributed by atoms with Crippen molar-refractivity contribution >= 4 is 33.7 Å². The van der Waals surface area contributed by atoms with Gasteiger partial charge in [0.05, 0.1) is 18.9 Å². The Bertz CT molecular complexity index is 1160. The molecule has 32 heavy (non-hydrogen) atoms. The van der Waals surface area contributed by atoms with Gasteiger partial charge in [-0.05, 0) is 66.4 Å². The number of anilines is 1.